The number of hydrogen-bond acceptors (Lipinski definition) is 4. The van der Waals surface area contributed by atoms with Crippen LogP contribution in [0, 0.1) is 0 Å². The van der Waals surface area contributed by atoms with Crippen molar-refractivity contribution in [3.05, 3.63) is 0 Å². The van der Waals surface area contributed by atoms with Crippen LogP contribution in [0.15, 0.2) is 0 Å². The third-order valence-corrected chi connectivity index (χ3v) is 0.706. The van der Waals surface area contributed by atoms with Gasteiger partial charge in [-0.3, -0.25) is 4.84 Å². The number of aldehydes is 1. The average molecular weight is 175 g/mol. The fourth-order valence-corrected chi connectivity index (χ4v) is 0.434. The van der Waals surface area contributed by atoms with Crippen molar-refractivity contribution in [2.75, 3.05) is 6.61 Å². The van der Waals surface area contributed by atoms with Gasteiger partial charge in [-0.15, -0.1) is 0 Å². The summed E-state index contributed by atoms with van der Waals surface area (Å²) in [5, 5.41) is 0. The van der Waals surface area contributed by atoms with E-state index in [-0.39, 0.29) is 6.61 Å². The molecule has 0 atom stereocenters. The van der Waals surface area contributed by atoms with E-state index in [0.29, 0.717) is 6.29 Å². The van der Waals surface area contributed by atoms with Crippen LogP contribution in [0.2, 0.25) is 0 Å². The topological polar surface area (TPSA) is 64.6 Å². The Hall–Kier alpha value is -1.10. The maximum Gasteiger partial charge on any atom is 0.431 e. The van der Waals surface area contributed by atoms with Crippen LogP contribution in [0.1, 0.15) is 20.8 Å². The highest BCUT2D eigenvalue weighted by molar-refractivity contribution is 5.66. The summed E-state index contributed by atoms with van der Waals surface area (Å²) in [6.07, 6.45) is -0.179. The normalized spacial score (nSPS) is 10.6. The highest BCUT2D eigenvalue weighted by atomic mass is 16.7. The van der Waals surface area contributed by atoms with E-state index in [1.807, 2.05) is 5.48 Å². The van der Waals surface area contributed by atoms with Crippen LogP contribution in [0.5, 0.6) is 0 Å². The van der Waals surface area contributed by atoms with Crippen molar-refractivity contribution in [3.8, 4) is 0 Å². The van der Waals surface area contributed by atoms with Crippen molar-refractivity contribution in [1.29, 1.82) is 0 Å². The standard InChI is InChI=1S/C7H13NO4/c1-7(2,3)12-6(10)8-11-5-4-9/h4H,5H2,1-3H3,(H,8,10). The van der Waals surface area contributed by atoms with Gasteiger partial charge in [0.05, 0.1) is 0 Å². The van der Waals surface area contributed by atoms with E-state index in [1.165, 1.54) is 0 Å². The van der Waals surface area contributed by atoms with Gasteiger partial charge < -0.3 is 9.53 Å². The first-order chi connectivity index (χ1) is 5.45. The molecular formula is C7H13NO4. The largest absolute Gasteiger partial charge is 0.442 e. The molecule has 0 aromatic heterocycles. The highest BCUT2D eigenvalue weighted by Crippen LogP contribution is 2.05. The number of carbonyl (C=O) groups is 2. The second-order valence-corrected chi connectivity index (χ2v) is 3.08. The van der Waals surface area contributed by atoms with E-state index in [9.17, 15) is 9.59 Å². The lowest BCUT2D eigenvalue weighted by Gasteiger charge is -2.18. The summed E-state index contributed by atoms with van der Waals surface area (Å²) in [5.74, 6) is 0. The molecule has 0 radical (unpaired) electrons. The first-order valence-corrected chi connectivity index (χ1v) is 3.50. The van der Waals surface area contributed by atoms with Gasteiger partial charge in [0.25, 0.3) is 0 Å². The van der Waals surface area contributed by atoms with Crippen LogP contribution in [0.4, 0.5) is 4.79 Å². The highest BCUT2D eigenvalue weighted by Gasteiger charge is 2.15. The molecule has 0 unspecified atom stereocenters. The molecule has 0 aliphatic heterocycles. The summed E-state index contributed by atoms with van der Waals surface area (Å²) in [4.78, 5) is 24.9. The van der Waals surface area contributed by atoms with Gasteiger partial charge in [-0.05, 0) is 20.8 Å². The van der Waals surface area contributed by atoms with E-state index >= 15 is 0 Å². The number of hydroxylamine groups is 1. The van der Waals surface area contributed by atoms with Crippen molar-refractivity contribution < 1.29 is 19.2 Å². The van der Waals surface area contributed by atoms with Crippen LogP contribution in [-0.2, 0) is 14.4 Å². The number of rotatable bonds is 3. The summed E-state index contributed by atoms with van der Waals surface area (Å²) >= 11 is 0. The molecule has 0 aliphatic rings. The van der Waals surface area contributed by atoms with Crippen LogP contribution in [0.3, 0.4) is 0 Å². The molecule has 0 aromatic rings. The van der Waals surface area contributed by atoms with Crippen molar-refractivity contribution in [2.45, 2.75) is 26.4 Å². The van der Waals surface area contributed by atoms with Gasteiger partial charge in [0, 0.05) is 0 Å². The lowest BCUT2D eigenvalue weighted by Crippen LogP contribution is -2.32. The van der Waals surface area contributed by atoms with Crippen molar-refractivity contribution in [3.63, 3.8) is 0 Å². The van der Waals surface area contributed by atoms with Crippen molar-refractivity contribution in [1.82, 2.24) is 5.48 Å². The van der Waals surface area contributed by atoms with Crippen LogP contribution in [-0.4, -0.2) is 24.6 Å². The van der Waals surface area contributed by atoms with E-state index in [4.69, 9.17) is 4.74 Å². The first kappa shape index (κ1) is 10.9. The summed E-state index contributed by atoms with van der Waals surface area (Å²) in [6.45, 7) is 5.00. The number of hydrogen-bond donors (Lipinski definition) is 1. The predicted molar refractivity (Wildman–Crippen MR) is 41.4 cm³/mol. The Morgan fingerprint density at radius 3 is 2.50 bits per heavy atom. The van der Waals surface area contributed by atoms with Gasteiger partial charge in [-0.1, -0.05) is 0 Å². The molecule has 0 heterocycles. The molecule has 0 aromatic carbocycles. The van der Waals surface area contributed by atoms with E-state index < -0.39 is 11.7 Å². The first-order valence-electron chi connectivity index (χ1n) is 3.50. The molecule has 0 fully saturated rings. The Bertz CT molecular complexity index is 161. The maximum atomic E-state index is 10.8. The number of amides is 1. The van der Waals surface area contributed by atoms with Gasteiger partial charge in [0.15, 0.2) is 0 Å². The molecular weight excluding hydrogens is 162 g/mol. The molecule has 0 rings (SSSR count). The third-order valence-electron chi connectivity index (χ3n) is 0.706. The summed E-state index contributed by atoms with van der Waals surface area (Å²) in [6, 6.07) is 0. The fourth-order valence-electron chi connectivity index (χ4n) is 0.434. The molecule has 0 aliphatic carbocycles. The molecule has 0 saturated heterocycles. The van der Waals surface area contributed by atoms with Crippen LogP contribution < -0.4 is 5.48 Å². The molecule has 1 amide bonds. The fraction of sp³-hybridized carbons (Fsp3) is 0.714. The average Bonchev–Trinajstić information content (AvgIpc) is 1.84. The molecule has 0 spiro atoms. The second kappa shape index (κ2) is 4.71. The summed E-state index contributed by atoms with van der Waals surface area (Å²) < 4.78 is 4.79. The Kier molecular flexibility index (Phi) is 4.28. The minimum Gasteiger partial charge on any atom is -0.442 e. The van der Waals surface area contributed by atoms with E-state index in [1.54, 1.807) is 20.8 Å². The molecule has 5 heteroatoms. The van der Waals surface area contributed by atoms with Crippen LogP contribution >= 0.6 is 0 Å². The Balaban J connectivity index is 3.53. The van der Waals surface area contributed by atoms with Gasteiger partial charge in [0.2, 0.25) is 0 Å². The Labute approximate surface area is 71.0 Å². The van der Waals surface area contributed by atoms with Gasteiger partial charge in [-0.25, -0.2) is 4.79 Å². The summed E-state index contributed by atoms with van der Waals surface area (Å²) in [7, 11) is 0. The number of carbonyl (C=O) groups excluding carboxylic acids is 2. The zero-order chi connectivity index (χ0) is 9.61. The minimum atomic E-state index is -0.704. The maximum absolute atomic E-state index is 10.8. The van der Waals surface area contributed by atoms with Gasteiger partial charge >= 0.3 is 6.09 Å². The van der Waals surface area contributed by atoms with Crippen molar-refractivity contribution in [2.24, 2.45) is 0 Å². The van der Waals surface area contributed by atoms with Gasteiger partial charge in [-0.2, -0.15) is 5.48 Å². The molecule has 1 N–H and O–H groups in total. The van der Waals surface area contributed by atoms with Crippen LogP contribution in [0.25, 0.3) is 0 Å². The SMILES string of the molecule is CC(C)(C)OC(=O)NOCC=O. The zero-order valence-corrected chi connectivity index (χ0v) is 7.42. The molecule has 0 saturated carbocycles. The molecule has 70 valence electrons. The van der Waals surface area contributed by atoms with E-state index in [2.05, 4.69) is 4.84 Å². The third kappa shape index (κ3) is 7.01. The number of ether oxygens (including phenoxy) is 1. The number of nitrogens with one attached hydrogen (secondary N) is 1. The lowest BCUT2D eigenvalue weighted by molar-refractivity contribution is -0.114. The molecule has 12 heavy (non-hydrogen) atoms. The summed E-state index contributed by atoms with van der Waals surface area (Å²) in [5.41, 5.74) is 1.39. The smallest absolute Gasteiger partial charge is 0.431 e. The van der Waals surface area contributed by atoms with E-state index in [0.717, 1.165) is 0 Å². The van der Waals surface area contributed by atoms with Crippen molar-refractivity contribution >= 4 is 12.4 Å². The van der Waals surface area contributed by atoms with Gasteiger partial charge in [0.1, 0.15) is 18.5 Å². The Morgan fingerprint density at radius 1 is 1.50 bits per heavy atom. The predicted octanol–water partition coefficient (Wildman–Crippen LogP) is 0.642. The zero-order valence-electron chi connectivity index (χ0n) is 7.42. The minimum absolute atomic E-state index is 0.181. The monoisotopic (exact) mass is 175 g/mol. The lowest BCUT2D eigenvalue weighted by atomic mass is 10.2. The molecule has 0 bridgehead atoms. The Morgan fingerprint density at radius 2 is 2.08 bits per heavy atom. The molecule has 5 nitrogen and oxygen atoms in total. The quantitative estimate of drug-likeness (QED) is 0.388. The second-order valence-electron chi connectivity index (χ2n) is 3.08.